The van der Waals surface area contributed by atoms with Crippen molar-refractivity contribution in [2.75, 3.05) is 0 Å². The van der Waals surface area contributed by atoms with Crippen molar-refractivity contribution in [3.05, 3.63) is 17.8 Å². The Morgan fingerprint density at radius 2 is 2.36 bits per heavy atom. The van der Waals surface area contributed by atoms with E-state index in [1.807, 2.05) is 6.92 Å². The Labute approximate surface area is 66.1 Å². The average molecular weight is 155 g/mol. The molecule has 0 saturated heterocycles. The number of aryl methyl sites for hydroxylation is 1. The summed E-state index contributed by atoms with van der Waals surface area (Å²) in [5, 5.41) is 9.69. The molecule has 0 fully saturated rings. The number of rotatable bonds is 2. The first-order chi connectivity index (χ1) is 5.06. The Hall–Kier alpha value is -0.830. The number of hydrogen-bond acceptors (Lipinski definition) is 3. The summed E-state index contributed by atoms with van der Waals surface area (Å²) in [5.74, 6) is 0.591. The molecule has 1 rings (SSSR count). The first-order valence-electron chi connectivity index (χ1n) is 3.71. The van der Waals surface area contributed by atoms with Gasteiger partial charge in [0.2, 0.25) is 0 Å². The van der Waals surface area contributed by atoms with Crippen molar-refractivity contribution >= 4 is 0 Å². The maximum atomic E-state index is 9.69. The molecule has 1 aromatic rings. The Kier molecular flexibility index (Phi) is 2.00. The van der Waals surface area contributed by atoms with Crippen LogP contribution in [0.15, 0.2) is 10.7 Å². The van der Waals surface area contributed by atoms with Crippen LogP contribution in [0.5, 0.6) is 0 Å². The molecule has 62 valence electrons. The highest BCUT2D eigenvalue weighted by Gasteiger charge is 2.23. The van der Waals surface area contributed by atoms with E-state index in [4.69, 9.17) is 4.42 Å². The van der Waals surface area contributed by atoms with E-state index in [0.29, 0.717) is 18.0 Å². The number of aliphatic hydroxyl groups is 1. The van der Waals surface area contributed by atoms with E-state index in [1.54, 1.807) is 13.8 Å². The highest BCUT2D eigenvalue weighted by Crippen LogP contribution is 2.22. The average Bonchev–Trinajstić information content (AvgIpc) is 2.36. The van der Waals surface area contributed by atoms with Crippen LogP contribution in [-0.4, -0.2) is 10.1 Å². The lowest BCUT2D eigenvalue weighted by atomic mass is 10.0. The lowest BCUT2D eigenvalue weighted by molar-refractivity contribution is 0.0484. The fourth-order valence-electron chi connectivity index (χ4n) is 0.792. The molecule has 0 saturated carbocycles. The number of aromatic nitrogens is 1. The van der Waals surface area contributed by atoms with Gasteiger partial charge in [-0.05, 0) is 13.3 Å². The standard InChI is InChI=1S/C8H13NO2/c1-4-8(3,10)7-5-11-6(2)9-7/h5,10H,4H2,1-3H3. The van der Waals surface area contributed by atoms with Gasteiger partial charge in [-0.1, -0.05) is 6.92 Å². The van der Waals surface area contributed by atoms with Gasteiger partial charge in [-0.15, -0.1) is 0 Å². The van der Waals surface area contributed by atoms with Crippen LogP contribution < -0.4 is 0 Å². The zero-order valence-electron chi connectivity index (χ0n) is 7.09. The molecule has 3 heteroatoms. The van der Waals surface area contributed by atoms with Gasteiger partial charge < -0.3 is 9.52 Å². The third kappa shape index (κ3) is 1.60. The molecular formula is C8H13NO2. The molecule has 0 aromatic carbocycles. The first kappa shape index (κ1) is 8.27. The van der Waals surface area contributed by atoms with Gasteiger partial charge in [0.1, 0.15) is 17.6 Å². The lowest BCUT2D eigenvalue weighted by Crippen LogP contribution is -2.19. The van der Waals surface area contributed by atoms with E-state index >= 15 is 0 Å². The van der Waals surface area contributed by atoms with Gasteiger partial charge in [-0.3, -0.25) is 0 Å². The number of hydrogen-bond donors (Lipinski definition) is 1. The monoisotopic (exact) mass is 155 g/mol. The Morgan fingerprint density at radius 3 is 2.73 bits per heavy atom. The van der Waals surface area contributed by atoms with Crippen LogP contribution in [0.1, 0.15) is 31.9 Å². The second-order valence-electron chi connectivity index (χ2n) is 2.88. The third-order valence-electron chi connectivity index (χ3n) is 1.86. The first-order valence-corrected chi connectivity index (χ1v) is 3.71. The van der Waals surface area contributed by atoms with Gasteiger partial charge in [-0.2, -0.15) is 0 Å². The lowest BCUT2D eigenvalue weighted by Gasteiger charge is -2.16. The van der Waals surface area contributed by atoms with Crippen LogP contribution in [0.3, 0.4) is 0 Å². The van der Waals surface area contributed by atoms with Gasteiger partial charge in [0, 0.05) is 6.92 Å². The van der Waals surface area contributed by atoms with Crippen molar-refractivity contribution in [2.24, 2.45) is 0 Å². The number of oxazole rings is 1. The molecular weight excluding hydrogens is 142 g/mol. The van der Waals surface area contributed by atoms with Crippen LogP contribution in [-0.2, 0) is 5.60 Å². The molecule has 0 aliphatic rings. The number of nitrogens with zero attached hydrogens (tertiary/aromatic N) is 1. The van der Waals surface area contributed by atoms with Gasteiger partial charge in [-0.25, -0.2) is 4.98 Å². The molecule has 3 nitrogen and oxygen atoms in total. The summed E-state index contributed by atoms with van der Waals surface area (Å²) in [5.41, 5.74) is -0.241. The Morgan fingerprint density at radius 1 is 1.73 bits per heavy atom. The van der Waals surface area contributed by atoms with Crippen molar-refractivity contribution in [3.63, 3.8) is 0 Å². The second kappa shape index (κ2) is 2.66. The van der Waals surface area contributed by atoms with E-state index < -0.39 is 5.60 Å². The summed E-state index contributed by atoms with van der Waals surface area (Å²) in [6, 6.07) is 0. The normalized spacial score (nSPS) is 16.4. The highest BCUT2D eigenvalue weighted by molar-refractivity contribution is 5.05. The summed E-state index contributed by atoms with van der Waals surface area (Å²) in [6.07, 6.45) is 2.14. The smallest absolute Gasteiger partial charge is 0.191 e. The molecule has 1 unspecified atom stereocenters. The summed E-state index contributed by atoms with van der Waals surface area (Å²) in [6.45, 7) is 5.39. The quantitative estimate of drug-likeness (QED) is 0.705. The molecule has 0 bridgehead atoms. The van der Waals surface area contributed by atoms with Gasteiger partial charge in [0.25, 0.3) is 0 Å². The van der Waals surface area contributed by atoms with Crippen LogP contribution in [0.2, 0.25) is 0 Å². The van der Waals surface area contributed by atoms with E-state index in [2.05, 4.69) is 4.98 Å². The molecule has 0 aliphatic carbocycles. The summed E-state index contributed by atoms with van der Waals surface area (Å²) in [7, 11) is 0. The Bertz CT molecular complexity index is 240. The molecule has 1 atom stereocenters. The van der Waals surface area contributed by atoms with E-state index in [9.17, 15) is 5.11 Å². The minimum atomic E-state index is -0.849. The van der Waals surface area contributed by atoms with Crippen molar-refractivity contribution in [3.8, 4) is 0 Å². The molecule has 0 aliphatic heterocycles. The van der Waals surface area contributed by atoms with Crippen molar-refractivity contribution < 1.29 is 9.52 Å². The maximum Gasteiger partial charge on any atom is 0.191 e. The van der Waals surface area contributed by atoms with Crippen LogP contribution in [0, 0.1) is 6.92 Å². The van der Waals surface area contributed by atoms with Gasteiger partial charge >= 0.3 is 0 Å². The molecule has 0 radical (unpaired) electrons. The largest absolute Gasteiger partial charge is 0.449 e. The third-order valence-corrected chi connectivity index (χ3v) is 1.86. The summed E-state index contributed by atoms with van der Waals surface area (Å²) >= 11 is 0. The zero-order valence-corrected chi connectivity index (χ0v) is 7.09. The molecule has 1 N–H and O–H groups in total. The van der Waals surface area contributed by atoms with Crippen molar-refractivity contribution in [1.29, 1.82) is 0 Å². The highest BCUT2D eigenvalue weighted by atomic mass is 16.3. The predicted molar refractivity (Wildman–Crippen MR) is 41.1 cm³/mol. The fraction of sp³-hybridized carbons (Fsp3) is 0.625. The molecule has 0 spiro atoms. The van der Waals surface area contributed by atoms with E-state index in [0.717, 1.165) is 0 Å². The predicted octanol–water partition coefficient (Wildman–Crippen LogP) is 1.60. The summed E-state index contributed by atoms with van der Waals surface area (Å²) < 4.78 is 4.98. The van der Waals surface area contributed by atoms with Crippen LogP contribution in [0.4, 0.5) is 0 Å². The maximum absolute atomic E-state index is 9.69. The van der Waals surface area contributed by atoms with E-state index in [1.165, 1.54) is 6.26 Å². The van der Waals surface area contributed by atoms with Gasteiger partial charge in [0.05, 0.1) is 0 Å². The van der Waals surface area contributed by atoms with Crippen LogP contribution in [0.25, 0.3) is 0 Å². The van der Waals surface area contributed by atoms with Gasteiger partial charge in [0.15, 0.2) is 5.89 Å². The molecule has 1 aromatic heterocycles. The fourth-order valence-corrected chi connectivity index (χ4v) is 0.792. The molecule has 11 heavy (non-hydrogen) atoms. The molecule has 1 heterocycles. The minimum Gasteiger partial charge on any atom is -0.449 e. The minimum absolute atomic E-state index is 0.591. The SMILES string of the molecule is CCC(C)(O)c1coc(C)n1. The summed E-state index contributed by atoms with van der Waals surface area (Å²) in [4.78, 5) is 4.04. The zero-order chi connectivity index (χ0) is 8.48. The second-order valence-corrected chi connectivity index (χ2v) is 2.88. The van der Waals surface area contributed by atoms with Crippen LogP contribution >= 0.6 is 0 Å². The Balaban J connectivity index is 2.92. The van der Waals surface area contributed by atoms with E-state index in [-0.39, 0.29) is 0 Å². The van der Waals surface area contributed by atoms with Crippen molar-refractivity contribution in [1.82, 2.24) is 4.98 Å². The molecule has 0 amide bonds. The topological polar surface area (TPSA) is 46.3 Å². The van der Waals surface area contributed by atoms with Crippen molar-refractivity contribution in [2.45, 2.75) is 32.8 Å².